The highest BCUT2D eigenvalue weighted by Crippen LogP contribution is 2.34. The Morgan fingerprint density at radius 2 is 1.44 bits per heavy atom. The maximum atomic E-state index is 4.40. The molecule has 1 aliphatic rings. The molecular formula is C16H12N2. The van der Waals surface area contributed by atoms with E-state index in [1.165, 1.54) is 22.3 Å². The molecule has 4 rings (SSSR count). The second-order valence-corrected chi connectivity index (χ2v) is 4.71. The summed E-state index contributed by atoms with van der Waals surface area (Å²) in [6, 6.07) is 13.0. The molecule has 0 fully saturated rings. The van der Waals surface area contributed by atoms with Gasteiger partial charge in [-0.05, 0) is 47.2 Å². The predicted molar refractivity (Wildman–Crippen MR) is 72.4 cm³/mol. The first-order valence-corrected chi connectivity index (χ1v) is 6.24. The van der Waals surface area contributed by atoms with E-state index in [4.69, 9.17) is 0 Å². The lowest BCUT2D eigenvalue weighted by Gasteiger charge is -2.19. The zero-order valence-electron chi connectivity index (χ0n) is 9.93. The highest BCUT2D eigenvalue weighted by Gasteiger charge is 2.16. The Balaban J connectivity index is 2.06. The molecule has 0 N–H and O–H groups in total. The van der Waals surface area contributed by atoms with Crippen molar-refractivity contribution in [3.63, 3.8) is 0 Å². The molecule has 18 heavy (non-hydrogen) atoms. The van der Waals surface area contributed by atoms with E-state index in [0.29, 0.717) is 0 Å². The van der Waals surface area contributed by atoms with Crippen molar-refractivity contribution in [2.45, 2.75) is 12.8 Å². The number of benzene rings is 2. The van der Waals surface area contributed by atoms with Crippen molar-refractivity contribution in [2.24, 2.45) is 0 Å². The van der Waals surface area contributed by atoms with Crippen LogP contribution in [-0.4, -0.2) is 9.97 Å². The minimum Gasteiger partial charge on any atom is -0.253 e. The third kappa shape index (κ3) is 1.35. The van der Waals surface area contributed by atoms with Crippen LogP contribution in [0.4, 0.5) is 0 Å². The standard InChI is InChI=1S/C16H12N2/c1-2-4-13-11(3-1)5-6-12-9-15-16(10-14(12)13)18-8-7-17-15/h1-4,7-10H,5-6H2. The van der Waals surface area contributed by atoms with Crippen LogP contribution in [0, 0.1) is 0 Å². The molecule has 0 aliphatic heterocycles. The van der Waals surface area contributed by atoms with Crippen LogP contribution in [-0.2, 0) is 12.8 Å². The van der Waals surface area contributed by atoms with E-state index in [1.807, 2.05) is 0 Å². The summed E-state index contributed by atoms with van der Waals surface area (Å²) in [6.45, 7) is 0. The minimum atomic E-state index is 0.980. The van der Waals surface area contributed by atoms with Gasteiger partial charge in [0.05, 0.1) is 11.0 Å². The van der Waals surface area contributed by atoms with E-state index in [-0.39, 0.29) is 0 Å². The van der Waals surface area contributed by atoms with E-state index in [2.05, 4.69) is 46.4 Å². The first-order chi connectivity index (χ1) is 8.92. The van der Waals surface area contributed by atoms with Crippen molar-refractivity contribution in [3.8, 4) is 11.1 Å². The van der Waals surface area contributed by atoms with E-state index >= 15 is 0 Å². The van der Waals surface area contributed by atoms with Gasteiger partial charge in [0.2, 0.25) is 0 Å². The summed E-state index contributed by atoms with van der Waals surface area (Å²) < 4.78 is 0. The third-order valence-corrected chi connectivity index (χ3v) is 3.67. The Kier molecular flexibility index (Phi) is 1.97. The number of aromatic nitrogens is 2. The van der Waals surface area contributed by atoms with Crippen molar-refractivity contribution in [1.29, 1.82) is 0 Å². The number of rotatable bonds is 0. The molecule has 1 aliphatic carbocycles. The van der Waals surface area contributed by atoms with Crippen LogP contribution in [0.2, 0.25) is 0 Å². The highest BCUT2D eigenvalue weighted by molar-refractivity contribution is 5.85. The van der Waals surface area contributed by atoms with Crippen LogP contribution in [0.3, 0.4) is 0 Å². The van der Waals surface area contributed by atoms with Crippen molar-refractivity contribution in [2.75, 3.05) is 0 Å². The molecule has 0 bridgehead atoms. The van der Waals surface area contributed by atoms with Crippen LogP contribution in [0.15, 0.2) is 48.8 Å². The Hall–Kier alpha value is -2.22. The van der Waals surface area contributed by atoms with Gasteiger partial charge in [-0.3, -0.25) is 9.97 Å². The Bertz CT molecular complexity index is 747. The van der Waals surface area contributed by atoms with Gasteiger partial charge in [0.25, 0.3) is 0 Å². The van der Waals surface area contributed by atoms with E-state index in [0.717, 1.165) is 23.9 Å². The highest BCUT2D eigenvalue weighted by atomic mass is 14.8. The van der Waals surface area contributed by atoms with Crippen molar-refractivity contribution >= 4 is 11.0 Å². The quantitative estimate of drug-likeness (QED) is 0.593. The Labute approximate surface area is 105 Å². The fourth-order valence-electron chi connectivity index (χ4n) is 2.78. The van der Waals surface area contributed by atoms with Gasteiger partial charge in [-0.2, -0.15) is 0 Å². The number of hydrogen-bond donors (Lipinski definition) is 0. The smallest absolute Gasteiger partial charge is 0.0893 e. The molecule has 0 unspecified atom stereocenters. The topological polar surface area (TPSA) is 25.8 Å². The van der Waals surface area contributed by atoms with Crippen LogP contribution in [0.5, 0.6) is 0 Å². The molecule has 0 spiro atoms. The fraction of sp³-hybridized carbons (Fsp3) is 0.125. The summed E-state index contributed by atoms with van der Waals surface area (Å²) >= 11 is 0. The van der Waals surface area contributed by atoms with Crippen molar-refractivity contribution < 1.29 is 0 Å². The molecule has 0 amide bonds. The van der Waals surface area contributed by atoms with Gasteiger partial charge in [-0.15, -0.1) is 0 Å². The molecule has 3 aromatic rings. The molecule has 0 radical (unpaired) electrons. The molecule has 1 heterocycles. The molecule has 1 aromatic heterocycles. The predicted octanol–water partition coefficient (Wildman–Crippen LogP) is 3.40. The second-order valence-electron chi connectivity index (χ2n) is 4.71. The Morgan fingerprint density at radius 1 is 0.722 bits per heavy atom. The average Bonchev–Trinajstić information content (AvgIpc) is 2.45. The van der Waals surface area contributed by atoms with Gasteiger partial charge < -0.3 is 0 Å². The van der Waals surface area contributed by atoms with Crippen molar-refractivity contribution in [3.05, 3.63) is 59.9 Å². The zero-order chi connectivity index (χ0) is 11.9. The van der Waals surface area contributed by atoms with Gasteiger partial charge in [0.15, 0.2) is 0 Å². The maximum Gasteiger partial charge on any atom is 0.0893 e. The summed E-state index contributed by atoms with van der Waals surface area (Å²) in [7, 11) is 0. The van der Waals surface area contributed by atoms with Crippen LogP contribution in [0.1, 0.15) is 11.1 Å². The van der Waals surface area contributed by atoms with Crippen LogP contribution < -0.4 is 0 Å². The summed E-state index contributed by atoms with van der Waals surface area (Å²) in [5, 5.41) is 0. The van der Waals surface area contributed by atoms with Crippen LogP contribution >= 0.6 is 0 Å². The average molecular weight is 232 g/mol. The first-order valence-electron chi connectivity index (χ1n) is 6.24. The van der Waals surface area contributed by atoms with Gasteiger partial charge in [-0.25, -0.2) is 0 Å². The fourth-order valence-corrected chi connectivity index (χ4v) is 2.78. The number of hydrogen-bond acceptors (Lipinski definition) is 2. The maximum absolute atomic E-state index is 4.40. The molecular weight excluding hydrogens is 220 g/mol. The lowest BCUT2D eigenvalue weighted by molar-refractivity contribution is 0.943. The van der Waals surface area contributed by atoms with Gasteiger partial charge in [0.1, 0.15) is 0 Å². The second kappa shape index (κ2) is 3.64. The molecule has 0 atom stereocenters. The summed E-state index contributed by atoms with van der Waals surface area (Å²) in [5.41, 5.74) is 7.48. The first kappa shape index (κ1) is 9.77. The summed E-state index contributed by atoms with van der Waals surface area (Å²) in [5.74, 6) is 0. The summed E-state index contributed by atoms with van der Waals surface area (Å²) in [6.07, 6.45) is 5.72. The Morgan fingerprint density at radius 3 is 2.33 bits per heavy atom. The van der Waals surface area contributed by atoms with E-state index in [1.54, 1.807) is 12.4 Å². The van der Waals surface area contributed by atoms with Gasteiger partial charge in [0, 0.05) is 12.4 Å². The zero-order valence-corrected chi connectivity index (χ0v) is 9.93. The monoisotopic (exact) mass is 232 g/mol. The number of fused-ring (bicyclic) bond motifs is 4. The lowest BCUT2D eigenvalue weighted by atomic mass is 9.85. The molecule has 0 saturated heterocycles. The van der Waals surface area contributed by atoms with Crippen molar-refractivity contribution in [1.82, 2.24) is 9.97 Å². The molecule has 2 aromatic carbocycles. The molecule has 0 saturated carbocycles. The summed E-state index contributed by atoms with van der Waals surface area (Å²) in [4.78, 5) is 8.78. The third-order valence-electron chi connectivity index (χ3n) is 3.67. The van der Waals surface area contributed by atoms with Gasteiger partial charge >= 0.3 is 0 Å². The van der Waals surface area contributed by atoms with E-state index in [9.17, 15) is 0 Å². The van der Waals surface area contributed by atoms with Gasteiger partial charge in [-0.1, -0.05) is 24.3 Å². The molecule has 86 valence electrons. The number of aryl methyl sites for hydroxylation is 2. The molecule has 2 nitrogen and oxygen atoms in total. The van der Waals surface area contributed by atoms with E-state index < -0.39 is 0 Å². The SMILES string of the molecule is c1ccc2c(c1)CCc1cc3nccnc3cc1-2. The largest absolute Gasteiger partial charge is 0.253 e. The number of nitrogens with zero attached hydrogens (tertiary/aromatic N) is 2. The van der Waals surface area contributed by atoms with Crippen LogP contribution in [0.25, 0.3) is 22.2 Å². The lowest BCUT2D eigenvalue weighted by Crippen LogP contribution is -2.04. The molecule has 2 heteroatoms. The minimum absolute atomic E-state index is 0.980. The normalized spacial score (nSPS) is 13.1.